The van der Waals surface area contributed by atoms with E-state index in [1.807, 2.05) is 0 Å². The monoisotopic (exact) mass is 169 g/mol. The Morgan fingerprint density at radius 2 is 2.42 bits per heavy atom. The van der Waals surface area contributed by atoms with E-state index < -0.39 is 11.9 Å². The minimum atomic E-state index is -1.07. The van der Waals surface area contributed by atoms with E-state index in [-0.39, 0.29) is 11.7 Å². The molecule has 1 aliphatic carbocycles. The van der Waals surface area contributed by atoms with E-state index in [9.17, 15) is 14.7 Å². The summed E-state index contributed by atoms with van der Waals surface area (Å²) < 4.78 is 0. The number of rotatable bonds is 3. The lowest BCUT2D eigenvalue weighted by Gasteiger charge is -2.21. The van der Waals surface area contributed by atoms with Crippen LogP contribution >= 0.6 is 0 Å². The van der Waals surface area contributed by atoms with Gasteiger partial charge in [0.15, 0.2) is 0 Å². The van der Waals surface area contributed by atoms with Gasteiger partial charge in [0.2, 0.25) is 0 Å². The van der Waals surface area contributed by atoms with Gasteiger partial charge in [-0.3, -0.25) is 4.79 Å². The summed E-state index contributed by atoms with van der Waals surface area (Å²) >= 11 is 0. The van der Waals surface area contributed by atoms with Crippen molar-refractivity contribution in [1.82, 2.24) is 0 Å². The minimum absolute atomic E-state index is 0.103. The number of aliphatic carboxylic acids is 1. The van der Waals surface area contributed by atoms with Crippen molar-refractivity contribution in [2.45, 2.75) is 32.6 Å². The van der Waals surface area contributed by atoms with Crippen LogP contribution in [0.5, 0.6) is 0 Å². The zero-order valence-corrected chi connectivity index (χ0v) is 7.21. The van der Waals surface area contributed by atoms with E-state index in [2.05, 4.69) is 0 Å². The molecule has 1 fully saturated rings. The van der Waals surface area contributed by atoms with Crippen molar-refractivity contribution in [2.24, 2.45) is 11.8 Å². The Hall–Kier alpha value is -0.860. The Balaban J connectivity index is 2.65. The summed E-state index contributed by atoms with van der Waals surface area (Å²) in [4.78, 5) is 21.8. The molecular formula is C9H13O3-. The Morgan fingerprint density at radius 1 is 1.75 bits per heavy atom. The predicted octanol–water partition coefficient (Wildman–Crippen LogP) is 0.132. The van der Waals surface area contributed by atoms with Gasteiger partial charge in [-0.05, 0) is 19.3 Å². The average Bonchev–Trinajstić information content (AvgIpc) is 2.38. The van der Waals surface area contributed by atoms with E-state index in [0.29, 0.717) is 12.8 Å². The topological polar surface area (TPSA) is 57.2 Å². The summed E-state index contributed by atoms with van der Waals surface area (Å²) in [5.74, 6) is -1.79. The van der Waals surface area contributed by atoms with Gasteiger partial charge >= 0.3 is 0 Å². The summed E-state index contributed by atoms with van der Waals surface area (Å²) in [7, 11) is 0. The summed E-state index contributed by atoms with van der Waals surface area (Å²) in [6, 6.07) is 0. The smallest absolute Gasteiger partial charge is 0.136 e. The first-order chi connectivity index (χ1) is 5.66. The molecule has 2 atom stereocenters. The molecule has 1 rings (SSSR count). The number of carboxylic acid groups (broad SMARTS) is 1. The third-order valence-electron chi connectivity index (χ3n) is 2.58. The number of Topliss-reactive ketones (excluding diaryl/α,β-unsaturated/α-hetero) is 1. The van der Waals surface area contributed by atoms with Crippen LogP contribution in [0.4, 0.5) is 0 Å². The van der Waals surface area contributed by atoms with Gasteiger partial charge in [-0.2, -0.15) is 0 Å². The van der Waals surface area contributed by atoms with E-state index in [1.54, 1.807) is 6.92 Å². The van der Waals surface area contributed by atoms with E-state index in [0.717, 1.165) is 12.8 Å². The quantitative estimate of drug-likeness (QED) is 0.603. The minimum Gasteiger partial charge on any atom is -0.550 e. The Bertz CT molecular complexity index is 198. The lowest BCUT2D eigenvalue weighted by atomic mass is 9.88. The van der Waals surface area contributed by atoms with Crippen LogP contribution in [0.15, 0.2) is 0 Å². The predicted molar refractivity (Wildman–Crippen MR) is 41.1 cm³/mol. The number of carbonyl (C=O) groups excluding carboxylic acids is 2. The van der Waals surface area contributed by atoms with Crippen LogP contribution in [0, 0.1) is 11.8 Å². The largest absolute Gasteiger partial charge is 0.550 e. The summed E-state index contributed by atoms with van der Waals surface area (Å²) in [5, 5.41) is 10.6. The van der Waals surface area contributed by atoms with Crippen molar-refractivity contribution in [3.8, 4) is 0 Å². The fraction of sp³-hybridized carbons (Fsp3) is 0.778. The lowest BCUT2D eigenvalue weighted by Crippen LogP contribution is -2.37. The molecule has 0 saturated heterocycles. The molecule has 0 aromatic carbocycles. The van der Waals surface area contributed by atoms with Crippen molar-refractivity contribution in [2.75, 3.05) is 0 Å². The second kappa shape index (κ2) is 3.70. The standard InChI is InChI=1S/C9H14O3/c1-2-6(9(11)12)7-4-3-5-8(7)10/h6-7H,2-5H2,1H3,(H,11,12)/p-1. The fourth-order valence-electron chi connectivity index (χ4n) is 1.88. The van der Waals surface area contributed by atoms with Crippen molar-refractivity contribution in [3.63, 3.8) is 0 Å². The molecule has 0 heterocycles. The summed E-state index contributed by atoms with van der Waals surface area (Å²) in [5.41, 5.74) is 0. The maximum Gasteiger partial charge on any atom is 0.136 e. The number of carbonyl (C=O) groups is 2. The summed E-state index contributed by atoms with van der Waals surface area (Å²) in [6.07, 6.45) is 2.62. The third-order valence-corrected chi connectivity index (χ3v) is 2.58. The van der Waals surface area contributed by atoms with Gasteiger partial charge in [-0.25, -0.2) is 0 Å². The van der Waals surface area contributed by atoms with Gasteiger partial charge < -0.3 is 9.90 Å². The highest BCUT2D eigenvalue weighted by Gasteiger charge is 2.31. The first kappa shape index (κ1) is 9.23. The summed E-state index contributed by atoms with van der Waals surface area (Å²) in [6.45, 7) is 1.78. The van der Waals surface area contributed by atoms with Crippen molar-refractivity contribution in [1.29, 1.82) is 0 Å². The molecule has 3 nitrogen and oxygen atoms in total. The van der Waals surface area contributed by atoms with E-state index in [1.165, 1.54) is 0 Å². The van der Waals surface area contributed by atoms with E-state index in [4.69, 9.17) is 0 Å². The Kier molecular flexibility index (Phi) is 2.84. The second-order valence-electron chi connectivity index (χ2n) is 3.30. The highest BCUT2D eigenvalue weighted by atomic mass is 16.4. The third kappa shape index (κ3) is 1.65. The molecule has 0 amide bonds. The number of hydrogen-bond donors (Lipinski definition) is 0. The normalized spacial score (nSPS) is 25.8. The van der Waals surface area contributed by atoms with Gasteiger partial charge in [0.05, 0.1) is 0 Å². The van der Waals surface area contributed by atoms with Crippen molar-refractivity contribution >= 4 is 11.8 Å². The second-order valence-corrected chi connectivity index (χ2v) is 3.30. The molecule has 0 bridgehead atoms. The molecule has 1 saturated carbocycles. The van der Waals surface area contributed by atoms with Gasteiger partial charge in [-0.15, -0.1) is 0 Å². The number of carboxylic acids is 1. The molecule has 0 aliphatic heterocycles. The molecule has 3 heteroatoms. The van der Waals surface area contributed by atoms with Crippen molar-refractivity contribution in [3.05, 3.63) is 0 Å². The highest BCUT2D eigenvalue weighted by Crippen LogP contribution is 2.29. The van der Waals surface area contributed by atoms with Crippen molar-refractivity contribution < 1.29 is 14.7 Å². The van der Waals surface area contributed by atoms with Gasteiger partial charge in [0.1, 0.15) is 5.78 Å². The molecule has 0 spiro atoms. The van der Waals surface area contributed by atoms with E-state index >= 15 is 0 Å². The van der Waals surface area contributed by atoms with Crippen LogP contribution in [-0.2, 0) is 9.59 Å². The molecule has 0 aromatic heterocycles. The molecule has 1 aliphatic rings. The van der Waals surface area contributed by atoms with Gasteiger partial charge in [-0.1, -0.05) is 6.92 Å². The fourth-order valence-corrected chi connectivity index (χ4v) is 1.88. The lowest BCUT2D eigenvalue weighted by molar-refractivity contribution is -0.313. The highest BCUT2D eigenvalue weighted by molar-refractivity contribution is 5.87. The van der Waals surface area contributed by atoms with Crippen LogP contribution in [-0.4, -0.2) is 11.8 Å². The van der Waals surface area contributed by atoms with Crippen LogP contribution < -0.4 is 5.11 Å². The molecule has 0 radical (unpaired) electrons. The molecule has 2 unspecified atom stereocenters. The van der Waals surface area contributed by atoms with Gasteiger partial charge in [0, 0.05) is 24.2 Å². The maximum absolute atomic E-state index is 11.2. The average molecular weight is 169 g/mol. The Morgan fingerprint density at radius 3 is 2.75 bits per heavy atom. The maximum atomic E-state index is 11.2. The first-order valence-electron chi connectivity index (χ1n) is 4.40. The van der Waals surface area contributed by atoms with Gasteiger partial charge in [0.25, 0.3) is 0 Å². The molecule has 12 heavy (non-hydrogen) atoms. The number of hydrogen-bond acceptors (Lipinski definition) is 3. The van der Waals surface area contributed by atoms with Crippen LogP contribution in [0.1, 0.15) is 32.6 Å². The molecule has 68 valence electrons. The zero-order valence-electron chi connectivity index (χ0n) is 7.21. The van der Waals surface area contributed by atoms with Crippen LogP contribution in [0.2, 0.25) is 0 Å². The Labute approximate surface area is 71.8 Å². The first-order valence-corrected chi connectivity index (χ1v) is 4.40. The number of ketones is 1. The van der Waals surface area contributed by atoms with Crippen LogP contribution in [0.25, 0.3) is 0 Å². The van der Waals surface area contributed by atoms with Crippen LogP contribution in [0.3, 0.4) is 0 Å². The SMILES string of the molecule is CCC(C(=O)[O-])C1CCCC1=O. The molecule has 0 N–H and O–H groups in total. The molecule has 0 aromatic rings. The zero-order chi connectivity index (χ0) is 9.14. The molecular weight excluding hydrogens is 156 g/mol.